The third kappa shape index (κ3) is 5.64. The van der Waals surface area contributed by atoms with E-state index in [9.17, 15) is 14.0 Å². The lowest BCUT2D eigenvalue weighted by molar-refractivity contribution is -0.152. The van der Waals surface area contributed by atoms with E-state index in [2.05, 4.69) is 15.3 Å². The van der Waals surface area contributed by atoms with Gasteiger partial charge < -0.3 is 15.0 Å². The van der Waals surface area contributed by atoms with E-state index in [4.69, 9.17) is 4.74 Å². The smallest absolute Gasteiger partial charge is 0.254 e. The van der Waals surface area contributed by atoms with Gasteiger partial charge in [0.05, 0.1) is 11.3 Å². The molecular weight excluding hydrogens is 399 g/mol. The Balaban J connectivity index is 1.59. The number of benzene rings is 1. The van der Waals surface area contributed by atoms with Gasteiger partial charge in [-0.05, 0) is 45.1 Å². The topological polar surface area (TPSA) is 84.4 Å². The van der Waals surface area contributed by atoms with Crippen molar-refractivity contribution in [2.45, 2.75) is 45.3 Å². The van der Waals surface area contributed by atoms with Crippen LogP contribution in [0.5, 0.6) is 0 Å². The van der Waals surface area contributed by atoms with Crippen LogP contribution >= 0.6 is 0 Å². The normalized spacial score (nSPS) is 15.0. The van der Waals surface area contributed by atoms with Crippen molar-refractivity contribution in [1.82, 2.24) is 20.2 Å². The van der Waals surface area contributed by atoms with Crippen LogP contribution in [0.4, 0.5) is 4.39 Å². The zero-order chi connectivity index (χ0) is 22.4. The first-order chi connectivity index (χ1) is 14.8. The fourth-order valence-corrected chi connectivity index (χ4v) is 3.70. The zero-order valence-electron chi connectivity index (χ0n) is 18.2. The molecule has 0 radical (unpaired) electrons. The maximum Gasteiger partial charge on any atom is 0.254 e. The van der Waals surface area contributed by atoms with Gasteiger partial charge in [0.1, 0.15) is 17.7 Å². The minimum absolute atomic E-state index is 0.0105. The molecule has 7 nitrogen and oxygen atoms in total. The first-order valence-corrected chi connectivity index (χ1v) is 10.5. The van der Waals surface area contributed by atoms with Crippen LogP contribution in [0.3, 0.4) is 0 Å². The highest BCUT2D eigenvalue weighted by molar-refractivity contribution is 5.94. The number of halogens is 1. The van der Waals surface area contributed by atoms with Crippen LogP contribution in [-0.2, 0) is 22.5 Å². The van der Waals surface area contributed by atoms with Gasteiger partial charge in [-0.2, -0.15) is 0 Å². The lowest BCUT2D eigenvalue weighted by Gasteiger charge is -2.36. The van der Waals surface area contributed by atoms with E-state index < -0.39 is 5.60 Å². The molecule has 8 heteroatoms. The number of likely N-dealkylation sites (tertiary alicyclic amines) is 1. The van der Waals surface area contributed by atoms with Crippen LogP contribution in [0.25, 0.3) is 0 Å². The number of nitrogens with one attached hydrogen (secondary N) is 1. The molecular formula is C23H29FN4O3. The third-order valence-corrected chi connectivity index (χ3v) is 5.85. The quantitative estimate of drug-likeness (QED) is 0.733. The van der Waals surface area contributed by atoms with Gasteiger partial charge in [-0.1, -0.05) is 18.2 Å². The van der Waals surface area contributed by atoms with Crippen LogP contribution in [0.1, 0.15) is 48.3 Å². The van der Waals surface area contributed by atoms with Crippen molar-refractivity contribution in [2.75, 3.05) is 20.2 Å². The fourth-order valence-electron chi connectivity index (χ4n) is 3.70. The Labute approximate surface area is 182 Å². The SMILES string of the molecule is COC(C)(C)C(=O)N1CCC(Cc2ncncc2C(=O)NCc2ccccc2F)CC1. The highest BCUT2D eigenvalue weighted by Crippen LogP contribution is 2.24. The Morgan fingerprint density at radius 1 is 1.26 bits per heavy atom. The van der Waals surface area contributed by atoms with E-state index >= 15 is 0 Å². The molecule has 166 valence electrons. The van der Waals surface area contributed by atoms with Gasteiger partial charge in [-0.15, -0.1) is 0 Å². The van der Waals surface area contributed by atoms with Crippen LogP contribution in [0, 0.1) is 11.7 Å². The van der Waals surface area contributed by atoms with Crippen LogP contribution in [-0.4, -0.2) is 52.5 Å². The lowest BCUT2D eigenvalue weighted by atomic mass is 9.90. The molecule has 1 aromatic heterocycles. The predicted molar refractivity (Wildman–Crippen MR) is 114 cm³/mol. The molecule has 0 saturated carbocycles. The number of hydrogen-bond donors (Lipinski definition) is 1. The van der Waals surface area contributed by atoms with Gasteiger partial charge in [0.2, 0.25) is 0 Å². The number of aromatic nitrogens is 2. The second-order valence-electron chi connectivity index (χ2n) is 8.31. The lowest BCUT2D eigenvalue weighted by Crippen LogP contribution is -2.49. The second-order valence-corrected chi connectivity index (χ2v) is 8.31. The van der Waals surface area contributed by atoms with E-state index in [1.165, 1.54) is 18.6 Å². The monoisotopic (exact) mass is 428 g/mol. The Bertz CT molecular complexity index is 927. The summed E-state index contributed by atoms with van der Waals surface area (Å²) < 4.78 is 19.1. The molecule has 2 aromatic rings. The molecule has 1 saturated heterocycles. The Kier molecular flexibility index (Phi) is 7.33. The standard InChI is InChI=1S/C23H29FN4O3/c1-23(2,31-3)22(30)28-10-8-16(9-11-28)12-20-18(14-25-15-27-20)21(29)26-13-17-6-4-5-7-19(17)24/h4-7,14-16H,8-13H2,1-3H3,(H,26,29). The molecule has 1 aliphatic rings. The number of carbonyl (C=O) groups is 2. The first-order valence-electron chi connectivity index (χ1n) is 10.5. The van der Waals surface area contributed by atoms with Gasteiger partial charge in [-0.3, -0.25) is 9.59 Å². The van der Waals surface area contributed by atoms with E-state index in [1.807, 2.05) is 4.90 Å². The maximum absolute atomic E-state index is 13.8. The number of piperidine rings is 1. The van der Waals surface area contributed by atoms with Gasteiger partial charge in [0.25, 0.3) is 11.8 Å². The Morgan fingerprint density at radius 2 is 1.97 bits per heavy atom. The number of amides is 2. The first kappa shape index (κ1) is 22.8. The molecule has 0 bridgehead atoms. The summed E-state index contributed by atoms with van der Waals surface area (Å²) in [6, 6.07) is 6.34. The molecule has 0 atom stereocenters. The fraction of sp³-hybridized carbons (Fsp3) is 0.478. The number of carbonyl (C=O) groups excluding carboxylic acids is 2. The summed E-state index contributed by atoms with van der Waals surface area (Å²) in [7, 11) is 1.54. The molecule has 0 aliphatic carbocycles. The number of nitrogens with zero attached hydrogens (tertiary/aromatic N) is 3. The predicted octanol–water partition coefficient (Wildman–Crippen LogP) is 2.75. The molecule has 1 fully saturated rings. The summed E-state index contributed by atoms with van der Waals surface area (Å²) >= 11 is 0. The van der Waals surface area contributed by atoms with Gasteiger partial charge in [0, 0.05) is 38.5 Å². The van der Waals surface area contributed by atoms with Gasteiger partial charge in [0.15, 0.2) is 0 Å². The Hall–Kier alpha value is -2.87. The van der Waals surface area contributed by atoms with E-state index in [1.54, 1.807) is 39.2 Å². The molecule has 2 amide bonds. The molecule has 31 heavy (non-hydrogen) atoms. The minimum atomic E-state index is -0.830. The third-order valence-electron chi connectivity index (χ3n) is 5.85. The zero-order valence-corrected chi connectivity index (χ0v) is 18.2. The summed E-state index contributed by atoms with van der Waals surface area (Å²) in [5.41, 5.74) is 0.661. The van der Waals surface area contributed by atoms with Crippen molar-refractivity contribution in [2.24, 2.45) is 5.92 Å². The van der Waals surface area contributed by atoms with Crippen molar-refractivity contribution in [3.8, 4) is 0 Å². The van der Waals surface area contributed by atoms with Crippen LogP contribution in [0.15, 0.2) is 36.8 Å². The van der Waals surface area contributed by atoms with E-state index in [0.29, 0.717) is 42.2 Å². The van der Waals surface area contributed by atoms with E-state index in [-0.39, 0.29) is 24.2 Å². The van der Waals surface area contributed by atoms with Crippen molar-refractivity contribution < 1.29 is 18.7 Å². The highest BCUT2D eigenvalue weighted by Gasteiger charge is 2.34. The molecule has 0 unspecified atom stereocenters. The van der Waals surface area contributed by atoms with E-state index in [0.717, 1.165) is 12.8 Å². The minimum Gasteiger partial charge on any atom is -0.369 e. The largest absolute Gasteiger partial charge is 0.369 e. The molecule has 1 N–H and O–H groups in total. The summed E-state index contributed by atoms with van der Waals surface area (Å²) in [6.45, 7) is 4.94. The number of ether oxygens (including phenoxy) is 1. The number of rotatable bonds is 7. The molecule has 1 aliphatic heterocycles. The molecule has 2 heterocycles. The van der Waals surface area contributed by atoms with Gasteiger partial charge in [-0.25, -0.2) is 14.4 Å². The number of hydrogen-bond acceptors (Lipinski definition) is 5. The van der Waals surface area contributed by atoms with Crippen LogP contribution in [0.2, 0.25) is 0 Å². The average Bonchev–Trinajstić information content (AvgIpc) is 2.78. The average molecular weight is 429 g/mol. The summed E-state index contributed by atoms with van der Waals surface area (Å²) in [6.07, 6.45) is 5.21. The van der Waals surface area contributed by atoms with Crippen molar-refractivity contribution >= 4 is 11.8 Å². The van der Waals surface area contributed by atoms with Crippen LogP contribution < -0.4 is 5.32 Å². The summed E-state index contributed by atoms with van der Waals surface area (Å²) in [5, 5.41) is 2.75. The van der Waals surface area contributed by atoms with Crippen molar-refractivity contribution in [3.05, 3.63) is 59.4 Å². The summed E-state index contributed by atoms with van der Waals surface area (Å²) in [4.78, 5) is 35.4. The maximum atomic E-state index is 13.8. The van der Waals surface area contributed by atoms with Crippen molar-refractivity contribution in [1.29, 1.82) is 0 Å². The van der Waals surface area contributed by atoms with Gasteiger partial charge >= 0.3 is 0 Å². The van der Waals surface area contributed by atoms with Crippen molar-refractivity contribution in [3.63, 3.8) is 0 Å². The molecule has 1 aromatic carbocycles. The molecule has 0 spiro atoms. The molecule has 3 rings (SSSR count). The summed E-state index contributed by atoms with van der Waals surface area (Å²) in [5.74, 6) is -0.384. The number of methoxy groups -OCH3 is 1. The second kappa shape index (κ2) is 9.96. The highest BCUT2D eigenvalue weighted by atomic mass is 19.1. The Morgan fingerprint density at radius 3 is 2.65 bits per heavy atom.